The number of hydrogen-bond donors (Lipinski definition) is 1. The first-order valence-corrected chi connectivity index (χ1v) is 5.92. The molecular weight excluding hydrogens is 306 g/mol. The van der Waals surface area contributed by atoms with Crippen LogP contribution in [0.1, 0.15) is 12.1 Å². The molecule has 0 aliphatic carbocycles. The van der Waals surface area contributed by atoms with E-state index < -0.39 is 23.6 Å². The van der Waals surface area contributed by atoms with Gasteiger partial charge in [-0.15, -0.1) is 6.58 Å². The molecule has 1 aromatic carbocycles. The van der Waals surface area contributed by atoms with Gasteiger partial charge in [0.25, 0.3) is 11.5 Å². The summed E-state index contributed by atoms with van der Waals surface area (Å²) in [5, 5.41) is 0. The lowest BCUT2D eigenvalue weighted by Crippen LogP contribution is -2.26. The molecule has 1 N–H and O–H groups in total. The molecule has 2 rings (SSSR count). The van der Waals surface area contributed by atoms with Gasteiger partial charge in [0.1, 0.15) is 0 Å². The van der Waals surface area contributed by atoms with Crippen LogP contribution < -0.4 is 5.56 Å². The third kappa shape index (κ3) is 2.33. The number of H-pyrrole nitrogens is 1. The Labute approximate surface area is 110 Å². The molecule has 0 saturated carbocycles. The fourth-order valence-corrected chi connectivity index (χ4v) is 1.95. The van der Waals surface area contributed by atoms with E-state index in [-0.39, 0.29) is 0 Å². The summed E-state index contributed by atoms with van der Waals surface area (Å²) in [6.07, 6.45) is 0.442. The third-order valence-electron chi connectivity index (χ3n) is 2.40. The van der Waals surface area contributed by atoms with Gasteiger partial charge in [0.2, 0.25) is 0 Å². The summed E-state index contributed by atoms with van der Waals surface area (Å²) in [5.41, 5.74) is -0.936. The molecule has 1 aromatic heterocycles. The Morgan fingerprint density at radius 1 is 1.50 bits per heavy atom. The fraction of sp³-hybridized carbons (Fsp3) is 0.167. The Kier molecular flexibility index (Phi) is 3.30. The first-order chi connectivity index (χ1) is 8.44. The molecule has 18 heavy (non-hydrogen) atoms. The molecule has 0 atom stereocenters. The van der Waals surface area contributed by atoms with Crippen LogP contribution in [0, 0.1) is 0 Å². The van der Waals surface area contributed by atoms with Crippen molar-refractivity contribution in [2.45, 2.75) is 12.3 Å². The molecule has 0 aliphatic rings. The van der Waals surface area contributed by atoms with Crippen LogP contribution in [0.15, 0.2) is 40.1 Å². The van der Waals surface area contributed by atoms with Crippen LogP contribution in [0.25, 0.3) is 11.0 Å². The van der Waals surface area contributed by atoms with Gasteiger partial charge in [-0.25, -0.2) is 4.98 Å². The average molecular weight is 315 g/mol. The molecule has 0 amide bonds. The molecule has 0 spiro atoms. The molecule has 0 radical (unpaired) electrons. The Hall–Kier alpha value is -1.56. The number of benzene rings is 1. The van der Waals surface area contributed by atoms with E-state index in [1.807, 2.05) is 0 Å². The number of allylic oxidation sites excluding steroid dienone is 1. The molecular formula is C12H9BrF2N2O. The van der Waals surface area contributed by atoms with Gasteiger partial charge in [-0.2, -0.15) is 8.78 Å². The summed E-state index contributed by atoms with van der Waals surface area (Å²) in [5.74, 6) is -3.31. The number of nitrogens with one attached hydrogen (secondary N) is 1. The number of nitrogens with zero attached hydrogens (tertiary/aromatic N) is 1. The highest BCUT2D eigenvalue weighted by atomic mass is 79.9. The largest absolute Gasteiger partial charge is 0.319 e. The maximum Gasteiger partial charge on any atom is 0.298 e. The molecule has 0 aliphatic heterocycles. The number of fused-ring (bicyclic) bond motifs is 1. The molecule has 0 bridgehead atoms. The molecule has 94 valence electrons. The van der Waals surface area contributed by atoms with Crippen LogP contribution in [-0.4, -0.2) is 9.97 Å². The summed E-state index contributed by atoms with van der Waals surface area (Å²) in [7, 11) is 0. The summed E-state index contributed by atoms with van der Waals surface area (Å²) in [4.78, 5) is 17.8. The highest BCUT2D eigenvalue weighted by Gasteiger charge is 2.35. The van der Waals surface area contributed by atoms with Crippen molar-refractivity contribution in [2.75, 3.05) is 0 Å². The molecule has 3 nitrogen and oxygen atoms in total. The monoisotopic (exact) mass is 314 g/mol. The van der Waals surface area contributed by atoms with E-state index in [0.717, 1.165) is 10.5 Å². The van der Waals surface area contributed by atoms with Crippen molar-refractivity contribution in [3.05, 3.63) is 51.4 Å². The minimum atomic E-state index is -3.31. The number of hydrogen-bond acceptors (Lipinski definition) is 2. The molecule has 1 heterocycles. The topological polar surface area (TPSA) is 45.8 Å². The summed E-state index contributed by atoms with van der Waals surface area (Å²) >= 11 is 3.23. The predicted molar refractivity (Wildman–Crippen MR) is 68.8 cm³/mol. The van der Waals surface area contributed by atoms with Crippen LogP contribution >= 0.6 is 15.9 Å². The predicted octanol–water partition coefficient (Wildman–Crippen LogP) is 3.35. The van der Waals surface area contributed by atoms with Crippen molar-refractivity contribution in [3.63, 3.8) is 0 Å². The number of rotatable bonds is 3. The normalized spacial score (nSPS) is 11.7. The second-order valence-electron chi connectivity index (χ2n) is 3.77. The molecule has 6 heteroatoms. The standard InChI is InChI=1S/C12H9BrF2N2O/c1-2-5-12(14,15)10-11(18)17-9-6-7(13)3-4-8(9)16-10/h2-4,6H,1,5H2,(H,17,18). The SMILES string of the molecule is C=CCC(F)(F)c1nc2ccc(Br)cc2[nH]c1=O. The second-order valence-corrected chi connectivity index (χ2v) is 4.69. The Morgan fingerprint density at radius 2 is 2.22 bits per heavy atom. The lowest BCUT2D eigenvalue weighted by Gasteiger charge is -2.12. The van der Waals surface area contributed by atoms with Crippen LogP contribution in [0.4, 0.5) is 8.78 Å². The maximum absolute atomic E-state index is 13.7. The minimum absolute atomic E-state index is 0.316. The van der Waals surface area contributed by atoms with E-state index in [1.54, 1.807) is 18.2 Å². The molecule has 0 fully saturated rings. The Bertz CT molecular complexity index is 667. The van der Waals surface area contributed by atoms with E-state index in [4.69, 9.17) is 0 Å². The quantitative estimate of drug-likeness (QED) is 0.883. The van der Waals surface area contributed by atoms with Gasteiger partial charge >= 0.3 is 0 Å². The first-order valence-electron chi connectivity index (χ1n) is 5.13. The van der Waals surface area contributed by atoms with Crippen LogP contribution in [0.5, 0.6) is 0 Å². The zero-order chi connectivity index (χ0) is 13.3. The first kappa shape index (κ1) is 12.9. The van der Waals surface area contributed by atoms with Crippen LogP contribution in [0.2, 0.25) is 0 Å². The van der Waals surface area contributed by atoms with Crippen molar-refractivity contribution < 1.29 is 8.78 Å². The molecule has 0 unspecified atom stereocenters. The van der Waals surface area contributed by atoms with Crippen molar-refractivity contribution in [1.82, 2.24) is 9.97 Å². The number of alkyl halides is 2. The molecule has 0 saturated heterocycles. The highest BCUT2D eigenvalue weighted by molar-refractivity contribution is 9.10. The van der Waals surface area contributed by atoms with Crippen molar-refractivity contribution in [3.8, 4) is 0 Å². The zero-order valence-corrected chi connectivity index (χ0v) is 10.8. The average Bonchev–Trinajstić information content (AvgIpc) is 2.27. The van der Waals surface area contributed by atoms with E-state index in [9.17, 15) is 13.6 Å². The number of aromatic amines is 1. The Morgan fingerprint density at radius 3 is 2.89 bits per heavy atom. The van der Waals surface area contributed by atoms with Gasteiger partial charge in [-0.1, -0.05) is 22.0 Å². The maximum atomic E-state index is 13.7. The Balaban J connectivity index is 2.67. The van der Waals surface area contributed by atoms with Crippen molar-refractivity contribution in [2.24, 2.45) is 0 Å². The third-order valence-corrected chi connectivity index (χ3v) is 2.89. The second kappa shape index (κ2) is 4.61. The van der Waals surface area contributed by atoms with Gasteiger partial charge in [-0.3, -0.25) is 4.79 Å². The minimum Gasteiger partial charge on any atom is -0.319 e. The van der Waals surface area contributed by atoms with E-state index in [0.29, 0.717) is 11.0 Å². The lowest BCUT2D eigenvalue weighted by atomic mass is 10.1. The smallest absolute Gasteiger partial charge is 0.298 e. The number of aromatic nitrogens is 2. The van der Waals surface area contributed by atoms with Crippen molar-refractivity contribution in [1.29, 1.82) is 0 Å². The van der Waals surface area contributed by atoms with Crippen LogP contribution in [-0.2, 0) is 5.92 Å². The van der Waals surface area contributed by atoms with E-state index in [1.165, 1.54) is 0 Å². The zero-order valence-electron chi connectivity index (χ0n) is 9.21. The van der Waals surface area contributed by atoms with Gasteiger partial charge in [0, 0.05) is 10.9 Å². The lowest BCUT2D eigenvalue weighted by molar-refractivity contribution is -0.00662. The number of halogens is 3. The van der Waals surface area contributed by atoms with E-state index >= 15 is 0 Å². The van der Waals surface area contributed by atoms with Gasteiger partial charge < -0.3 is 4.98 Å². The summed E-state index contributed by atoms with van der Waals surface area (Å²) < 4.78 is 28.1. The fourth-order valence-electron chi connectivity index (χ4n) is 1.58. The summed E-state index contributed by atoms with van der Waals surface area (Å²) in [6.45, 7) is 3.25. The molecule has 2 aromatic rings. The van der Waals surface area contributed by atoms with E-state index in [2.05, 4.69) is 32.5 Å². The van der Waals surface area contributed by atoms with Gasteiger partial charge in [0.05, 0.1) is 11.0 Å². The van der Waals surface area contributed by atoms with Crippen LogP contribution in [0.3, 0.4) is 0 Å². The van der Waals surface area contributed by atoms with Crippen molar-refractivity contribution >= 4 is 27.0 Å². The van der Waals surface area contributed by atoms with Gasteiger partial charge in [-0.05, 0) is 18.2 Å². The summed E-state index contributed by atoms with van der Waals surface area (Å²) in [6, 6.07) is 4.84. The van der Waals surface area contributed by atoms with Gasteiger partial charge in [0.15, 0.2) is 5.69 Å². The highest BCUT2D eigenvalue weighted by Crippen LogP contribution is 2.29.